The van der Waals surface area contributed by atoms with Gasteiger partial charge < -0.3 is 10.2 Å². The third-order valence-corrected chi connectivity index (χ3v) is 4.75. The predicted molar refractivity (Wildman–Crippen MR) is 80.0 cm³/mol. The molecule has 0 saturated carbocycles. The fourth-order valence-corrected chi connectivity index (χ4v) is 3.10. The Bertz CT molecular complexity index is 263. The van der Waals surface area contributed by atoms with Gasteiger partial charge in [0, 0.05) is 19.0 Å². The summed E-state index contributed by atoms with van der Waals surface area (Å²) in [5.41, 5.74) is -0.235. The summed E-state index contributed by atoms with van der Waals surface area (Å²) in [6.45, 7) is 7.18. The van der Waals surface area contributed by atoms with Crippen molar-refractivity contribution in [2.45, 2.75) is 33.1 Å². The molecule has 0 aromatic carbocycles. The molecule has 1 N–H and O–H groups in total. The topological polar surface area (TPSA) is 32.3 Å². The van der Waals surface area contributed by atoms with Crippen molar-refractivity contribution >= 4 is 17.7 Å². The largest absolute Gasteiger partial charge is 0.345 e. The molecule has 1 rings (SSSR count). The minimum atomic E-state index is -0.235. The van der Waals surface area contributed by atoms with E-state index in [1.54, 1.807) is 0 Å². The summed E-state index contributed by atoms with van der Waals surface area (Å²) in [7, 11) is 1.95. The van der Waals surface area contributed by atoms with Crippen LogP contribution in [0.25, 0.3) is 0 Å². The molecule has 0 aromatic rings. The highest BCUT2D eigenvalue weighted by atomic mass is 32.2. The molecular formula is C14H28N2OS. The lowest BCUT2D eigenvalue weighted by molar-refractivity contribution is -0.142. The smallest absolute Gasteiger partial charge is 0.228 e. The van der Waals surface area contributed by atoms with Gasteiger partial charge >= 0.3 is 0 Å². The molecule has 3 nitrogen and oxygen atoms in total. The zero-order chi connectivity index (χ0) is 13.6. The quantitative estimate of drug-likeness (QED) is 0.753. The molecule has 106 valence electrons. The van der Waals surface area contributed by atoms with Gasteiger partial charge in [-0.15, -0.1) is 0 Å². The van der Waals surface area contributed by atoms with Crippen LogP contribution in [0.15, 0.2) is 0 Å². The van der Waals surface area contributed by atoms with Crippen LogP contribution in [0.2, 0.25) is 0 Å². The van der Waals surface area contributed by atoms with Crippen molar-refractivity contribution in [3.63, 3.8) is 0 Å². The molecule has 1 unspecified atom stereocenters. The maximum Gasteiger partial charge on any atom is 0.228 e. The van der Waals surface area contributed by atoms with E-state index < -0.39 is 0 Å². The number of rotatable bonds is 6. The van der Waals surface area contributed by atoms with E-state index in [2.05, 4.69) is 25.4 Å². The van der Waals surface area contributed by atoms with Crippen molar-refractivity contribution in [2.75, 3.05) is 38.7 Å². The minimum absolute atomic E-state index is 0.235. The summed E-state index contributed by atoms with van der Waals surface area (Å²) in [6.07, 6.45) is 5.56. The van der Waals surface area contributed by atoms with Crippen LogP contribution < -0.4 is 5.32 Å². The Balaban J connectivity index is 2.51. The van der Waals surface area contributed by atoms with Crippen LogP contribution in [-0.2, 0) is 4.79 Å². The summed E-state index contributed by atoms with van der Waals surface area (Å²) in [4.78, 5) is 14.5. The van der Waals surface area contributed by atoms with Crippen LogP contribution >= 0.6 is 11.8 Å². The van der Waals surface area contributed by atoms with Crippen LogP contribution in [0.1, 0.15) is 33.1 Å². The lowest BCUT2D eigenvalue weighted by atomic mass is 9.74. The van der Waals surface area contributed by atoms with Crippen molar-refractivity contribution in [2.24, 2.45) is 11.3 Å². The molecule has 1 fully saturated rings. The van der Waals surface area contributed by atoms with Gasteiger partial charge in [0.1, 0.15) is 0 Å². The maximum atomic E-state index is 12.5. The summed E-state index contributed by atoms with van der Waals surface area (Å²) in [6, 6.07) is 0. The average molecular weight is 272 g/mol. The third kappa shape index (κ3) is 4.16. The second-order valence-electron chi connectivity index (χ2n) is 5.84. The van der Waals surface area contributed by atoms with Crippen LogP contribution in [0.4, 0.5) is 0 Å². The number of nitrogens with zero attached hydrogens (tertiary/aromatic N) is 1. The van der Waals surface area contributed by atoms with Gasteiger partial charge in [-0.3, -0.25) is 4.79 Å². The van der Waals surface area contributed by atoms with Crippen LogP contribution in [-0.4, -0.2) is 49.5 Å². The van der Waals surface area contributed by atoms with Crippen LogP contribution in [0, 0.1) is 11.3 Å². The molecular weight excluding hydrogens is 244 g/mol. The van der Waals surface area contributed by atoms with Crippen molar-refractivity contribution < 1.29 is 4.79 Å². The molecule has 0 aromatic heterocycles. The first-order chi connectivity index (χ1) is 8.50. The Labute approximate surface area is 116 Å². The van der Waals surface area contributed by atoms with Gasteiger partial charge in [-0.2, -0.15) is 11.8 Å². The van der Waals surface area contributed by atoms with Gasteiger partial charge in [-0.1, -0.05) is 13.8 Å². The molecule has 1 heterocycles. The lowest BCUT2D eigenvalue weighted by Crippen LogP contribution is -2.48. The molecule has 1 saturated heterocycles. The Morgan fingerprint density at radius 2 is 2.22 bits per heavy atom. The van der Waals surface area contributed by atoms with Gasteiger partial charge in [0.05, 0.1) is 0 Å². The second kappa shape index (κ2) is 7.39. The van der Waals surface area contributed by atoms with E-state index in [4.69, 9.17) is 0 Å². The molecule has 1 atom stereocenters. The molecule has 1 amide bonds. The Morgan fingerprint density at radius 1 is 1.50 bits per heavy atom. The zero-order valence-corrected chi connectivity index (χ0v) is 13.1. The van der Waals surface area contributed by atoms with E-state index in [-0.39, 0.29) is 5.41 Å². The SMILES string of the molecule is CSCCCN(C)C(=O)C(C)(C)C1CCCNC1. The molecule has 0 bridgehead atoms. The monoisotopic (exact) mass is 272 g/mol. The third-order valence-electron chi connectivity index (χ3n) is 4.06. The molecule has 1 aliphatic rings. The summed E-state index contributed by atoms with van der Waals surface area (Å²) >= 11 is 1.84. The molecule has 1 aliphatic heterocycles. The van der Waals surface area contributed by atoms with E-state index in [9.17, 15) is 4.79 Å². The first kappa shape index (κ1) is 15.8. The maximum absolute atomic E-state index is 12.5. The number of hydrogen-bond acceptors (Lipinski definition) is 3. The minimum Gasteiger partial charge on any atom is -0.345 e. The second-order valence-corrected chi connectivity index (χ2v) is 6.82. The molecule has 0 aliphatic carbocycles. The number of carbonyl (C=O) groups is 1. The van der Waals surface area contributed by atoms with Gasteiger partial charge in [0.2, 0.25) is 5.91 Å². The molecule has 18 heavy (non-hydrogen) atoms. The fourth-order valence-electron chi connectivity index (χ4n) is 2.68. The van der Waals surface area contributed by atoms with Gasteiger partial charge in [-0.25, -0.2) is 0 Å². The van der Waals surface area contributed by atoms with Crippen molar-refractivity contribution in [3.05, 3.63) is 0 Å². The molecule has 0 radical (unpaired) electrons. The average Bonchev–Trinajstić information content (AvgIpc) is 2.39. The standard InChI is InChI=1S/C14H28N2OS/c1-14(2,12-7-5-8-15-11-12)13(17)16(3)9-6-10-18-4/h12,15H,5-11H2,1-4H3. The number of amides is 1. The van der Waals surface area contributed by atoms with E-state index >= 15 is 0 Å². The Hall–Kier alpha value is -0.220. The number of thioether (sulfide) groups is 1. The Kier molecular flexibility index (Phi) is 6.50. The van der Waals surface area contributed by atoms with E-state index in [1.165, 1.54) is 12.8 Å². The highest BCUT2D eigenvalue weighted by molar-refractivity contribution is 7.98. The highest BCUT2D eigenvalue weighted by Crippen LogP contribution is 2.33. The number of piperidine rings is 1. The summed E-state index contributed by atoms with van der Waals surface area (Å²) in [5, 5.41) is 3.41. The van der Waals surface area contributed by atoms with Crippen molar-refractivity contribution in [1.82, 2.24) is 10.2 Å². The van der Waals surface area contributed by atoms with Crippen molar-refractivity contribution in [3.8, 4) is 0 Å². The van der Waals surface area contributed by atoms with Gasteiger partial charge in [-0.05, 0) is 50.3 Å². The van der Waals surface area contributed by atoms with E-state index in [0.29, 0.717) is 11.8 Å². The zero-order valence-electron chi connectivity index (χ0n) is 12.3. The molecule has 0 spiro atoms. The van der Waals surface area contributed by atoms with E-state index in [0.717, 1.165) is 31.8 Å². The first-order valence-corrected chi connectivity index (χ1v) is 8.34. The van der Waals surface area contributed by atoms with Crippen molar-refractivity contribution in [1.29, 1.82) is 0 Å². The number of nitrogens with one attached hydrogen (secondary N) is 1. The normalized spacial score (nSPS) is 20.8. The Morgan fingerprint density at radius 3 is 2.78 bits per heavy atom. The molecule has 4 heteroatoms. The van der Waals surface area contributed by atoms with Crippen LogP contribution in [0.3, 0.4) is 0 Å². The lowest BCUT2D eigenvalue weighted by Gasteiger charge is -2.38. The fraction of sp³-hybridized carbons (Fsp3) is 0.929. The van der Waals surface area contributed by atoms with Gasteiger partial charge in [0.15, 0.2) is 0 Å². The first-order valence-electron chi connectivity index (χ1n) is 6.95. The van der Waals surface area contributed by atoms with Gasteiger partial charge in [0.25, 0.3) is 0 Å². The number of hydrogen-bond donors (Lipinski definition) is 1. The van der Waals surface area contributed by atoms with E-state index in [1.807, 2.05) is 23.7 Å². The number of carbonyl (C=O) groups excluding carboxylic acids is 1. The highest BCUT2D eigenvalue weighted by Gasteiger charge is 2.38. The van der Waals surface area contributed by atoms with Crippen LogP contribution in [0.5, 0.6) is 0 Å². The summed E-state index contributed by atoms with van der Waals surface area (Å²) in [5.74, 6) is 1.90. The predicted octanol–water partition coefficient (Wildman–Crippen LogP) is 2.22. The summed E-state index contributed by atoms with van der Waals surface area (Å²) < 4.78 is 0.